The second-order valence-electron chi connectivity index (χ2n) is 6.42. The van der Waals surface area contributed by atoms with E-state index >= 15 is 0 Å². The van der Waals surface area contributed by atoms with Gasteiger partial charge in [0.05, 0.1) is 6.42 Å². The van der Waals surface area contributed by atoms with Crippen molar-refractivity contribution in [1.82, 2.24) is 0 Å². The Kier molecular flexibility index (Phi) is 5.35. The van der Waals surface area contributed by atoms with Crippen LogP contribution in [0.2, 0.25) is 0 Å². The number of carboxylic acid groups (broad SMARTS) is 1. The first-order valence-electron chi connectivity index (χ1n) is 8.53. The van der Waals surface area contributed by atoms with Gasteiger partial charge in [0.2, 0.25) is 5.91 Å². The Morgan fingerprint density at radius 1 is 1.07 bits per heavy atom. The summed E-state index contributed by atoms with van der Waals surface area (Å²) in [5.41, 5.74) is 2.03. The Hall–Kier alpha value is -3.41. The predicted octanol–water partition coefficient (Wildman–Crippen LogP) is 3.69. The molecule has 1 atom stereocenters. The molecule has 1 amide bonds. The number of nitrogens with one attached hydrogen (secondary N) is 1. The van der Waals surface area contributed by atoms with Crippen LogP contribution in [0.3, 0.4) is 0 Å². The molecule has 6 nitrogen and oxygen atoms in total. The van der Waals surface area contributed by atoms with Crippen LogP contribution in [0.25, 0.3) is 11.0 Å². The number of hydrogen-bond donors (Lipinski definition) is 2. The number of amides is 1. The third kappa shape index (κ3) is 4.61. The summed E-state index contributed by atoms with van der Waals surface area (Å²) in [5, 5.41) is 12.7. The molecule has 0 aliphatic carbocycles. The maximum Gasteiger partial charge on any atom is 0.336 e. The van der Waals surface area contributed by atoms with Crippen LogP contribution in [-0.2, 0) is 9.59 Å². The molecule has 0 fully saturated rings. The number of rotatable bonds is 6. The highest BCUT2D eigenvalue weighted by molar-refractivity contribution is 5.94. The number of hydrogen-bond acceptors (Lipinski definition) is 4. The minimum atomic E-state index is -0.959. The van der Waals surface area contributed by atoms with Gasteiger partial charge < -0.3 is 14.8 Å². The molecule has 138 valence electrons. The average Bonchev–Trinajstić information content (AvgIpc) is 2.61. The molecule has 3 rings (SSSR count). The summed E-state index contributed by atoms with van der Waals surface area (Å²) in [7, 11) is 0. The lowest BCUT2D eigenvalue weighted by Gasteiger charge is -2.15. The van der Waals surface area contributed by atoms with Crippen molar-refractivity contribution in [2.75, 3.05) is 5.32 Å². The van der Waals surface area contributed by atoms with Crippen molar-refractivity contribution < 1.29 is 19.1 Å². The molecule has 1 heterocycles. The average molecular weight is 365 g/mol. The van der Waals surface area contributed by atoms with Gasteiger partial charge in [-0.25, -0.2) is 4.79 Å². The van der Waals surface area contributed by atoms with E-state index in [-0.39, 0.29) is 18.7 Å². The molecule has 0 radical (unpaired) electrons. The largest absolute Gasteiger partial charge is 0.481 e. The Balaban J connectivity index is 1.78. The fourth-order valence-electron chi connectivity index (χ4n) is 3.08. The number of carboxylic acids is 1. The van der Waals surface area contributed by atoms with E-state index in [4.69, 9.17) is 9.52 Å². The lowest BCUT2D eigenvalue weighted by atomic mass is 9.92. The highest BCUT2D eigenvalue weighted by Gasteiger charge is 2.19. The summed E-state index contributed by atoms with van der Waals surface area (Å²) < 4.78 is 5.18. The lowest BCUT2D eigenvalue weighted by molar-refractivity contribution is -0.137. The topological polar surface area (TPSA) is 96.6 Å². The minimum Gasteiger partial charge on any atom is -0.481 e. The van der Waals surface area contributed by atoms with Gasteiger partial charge in [0.1, 0.15) is 5.58 Å². The first-order chi connectivity index (χ1) is 12.9. The van der Waals surface area contributed by atoms with Crippen LogP contribution in [0.15, 0.2) is 63.8 Å². The van der Waals surface area contributed by atoms with Crippen LogP contribution in [0.5, 0.6) is 0 Å². The molecule has 2 aromatic carbocycles. The van der Waals surface area contributed by atoms with Crippen molar-refractivity contribution in [3.05, 3.63) is 76.1 Å². The number of anilines is 1. The minimum absolute atomic E-state index is 0.0338. The van der Waals surface area contributed by atoms with Crippen molar-refractivity contribution in [3.8, 4) is 0 Å². The molecular weight excluding hydrogens is 346 g/mol. The van der Waals surface area contributed by atoms with Crippen LogP contribution in [-0.4, -0.2) is 17.0 Å². The van der Waals surface area contributed by atoms with Crippen LogP contribution in [0.1, 0.15) is 29.9 Å². The fraction of sp³-hybridized carbons (Fsp3) is 0.190. The van der Waals surface area contributed by atoms with Gasteiger partial charge in [0.15, 0.2) is 0 Å². The summed E-state index contributed by atoms with van der Waals surface area (Å²) in [6, 6.07) is 15.6. The van der Waals surface area contributed by atoms with Gasteiger partial charge in [-0.3, -0.25) is 9.59 Å². The van der Waals surface area contributed by atoms with Gasteiger partial charge in [-0.15, -0.1) is 0 Å². The Bertz CT molecular complexity index is 1040. The van der Waals surface area contributed by atoms with Gasteiger partial charge >= 0.3 is 11.6 Å². The molecule has 0 saturated carbocycles. The third-order valence-corrected chi connectivity index (χ3v) is 4.36. The first kappa shape index (κ1) is 18.4. The zero-order chi connectivity index (χ0) is 19.4. The zero-order valence-corrected chi connectivity index (χ0v) is 14.8. The number of aliphatic carboxylic acids is 1. The number of carbonyl (C=O) groups is 2. The fourth-order valence-corrected chi connectivity index (χ4v) is 3.08. The van der Waals surface area contributed by atoms with Crippen LogP contribution < -0.4 is 10.9 Å². The molecule has 0 saturated heterocycles. The summed E-state index contributed by atoms with van der Waals surface area (Å²) >= 11 is 0. The molecule has 3 aromatic rings. The summed E-state index contributed by atoms with van der Waals surface area (Å²) in [5.74, 6) is -1.69. The van der Waals surface area contributed by atoms with Crippen molar-refractivity contribution in [2.24, 2.45) is 0 Å². The number of benzene rings is 2. The van der Waals surface area contributed by atoms with Crippen molar-refractivity contribution >= 4 is 28.5 Å². The second-order valence-corrected chi connectivity index (χ2v) is 6.42. The Labute approximate surface area is 155 Å². The standard InChI is InChI=1S/C21H19NO5/c1-13-9-21(26)27-18-12-16(7-8-17(13)18)22-19(23)10-15(11-20(24)25)14-5-3-2-4-6-14/h2-9,12,15H,10-11H2,1H3,(H,22,23)(H,24,25)/t15-/m1/s1. The summed E-state index contributed by atoms with van der Waals surface area (Å²) in [6.07, 6.45) is -0.102. The molecule has 0 aliphatic rings. The van der Waals surface area contributed by atoms with Crippen LogP contribution in [0.4, 0.5) is 5.69 Å². The van der Waals surface area contributed by atoms with E-state index < -0.39 is 17.5 Å². The maximum atomic E-state index is 12.5. The monoisotopic (exact) mass is 365 g/mol. The predicted molar refractivity (Wildman–Crippen MR) is 102 cm³/mol. The number of fused-ring (bicyclic) bond motifs is 1. The highest BCUT2D eigenvalue weighted by atomic mass is 16.4. The molecule has 27 heavy (non-hydrogen) atoms. The van der Waals surface area contributed by atoms with E-state index in [1.807, 2.05) is 37.3 Å². The van der Waals surface area contributed by atoms with Crippen molar-refractivity contribution in [1.29, 1.82) is 0 Å². The molecule has 0 spiro atoms. The van der Waals surface area contributed by atoms with Gasteiger partial charge in [-0.2, -0.15) is 0 Å². The van der Waals surface area contributed by atoms with E-state index in [0.29, 0.717) is 11.3 Å². The first-order valence-corrected chi connectivity index (χ1v) is 8.53. The molecule has 6 heteroatoms. The van der Waals surface area contributed by atoms with E-state index in [0.717, 1.165) is 16.5 Å². The van der Waals surface area contributed by atoms with E-state index in [9.17, 15) is 14.4 Å². The lowest BCUT2D eigenvalue weighted by Crippen LogP contribution is -2.17. The molecule has 0 unspecified atom stereocenters. The van der Waals surface area contributed by atoms with Gasteiger partial charge in [0.25, 0.3) is 0 Å². The number of carbonyl (C=O) groups excluding carboxylic acids is 1. The molecule has 0 bridgehead atoms. The van der Waals surface area contributed by atoms with Crippen LogP contribution in [0, 0.1) is 6.92 Å². The van der Waals surface area contributed by atoms with Crippen molar-refractivity contribution in [2.45, 2.75) is 25.7 Å². The van der Waals surface area contributed by atoms with Gasteiger partial charge in [-0.05, 0) is 30.2 Å². The smallest absolute Gasteiger partial charge is 0.336 e. The summed E-state index contributed by atoms with van der Waals surface area (Å²) in [4.78, 5) is 35.1. The third-order valence-electron chi connectivity index (χ3n) is 4.36. The molecule has 1 aromatic heterocycles. The van der Waals surface area contributed by atoms with Crippen molar-refractivity contribution in [3.63, 3.8) is 0 Å². The second kappa shape index (κ2) is 7.86. The highest BCUT2D eigenvalue weighted by Crippen LogP contribution is 2.25. The SMILES string of the molecule is Cc1cc(=O)oc2cc(NC(=O)C[C@H](CC(=O)O)c3ccccc3)ccc12. The Morgan fingerprint density at radius 2 is 1.81 bits per heavy atom. The maximum absolute atomic E-state index is 12.5. The van der Waals surface area contributed by atoms with Crippen LogP contribution >= 0.6 is 0 Å². The summed E-state index contributed by atoms with van der Waals surface area (Å²) in [6.45, 7) is 1.81. The zero-order valence-electron chi connectivity index (χ0n) is 14.8. The molecular formula is C21H19NO5. The van der Waals surface area contributed by atoms with E-state index in [1.165, 1.54) is 6.07 Å². The van der Waals surface area contributed by atoms with Gasteiger partial charge in [0, 0.05) is 35.5 Å². The normalized spacial score (nSPS) is 11.9. The van der Waals surface area contributed by atoms with Gasteiger partial charge in [-0.1, -0.05) is 30.3 Å². The number of aryl methyl sites for hydroxylation is 1. The molecule has 0 aliphatic heterocycles. The van der Waals surface area contributed by atoms with E-state index in [2.05, 4.69) is 5.32 Å². The molecule has 2 N–H and O–H groups in total. The quantitative estimate of drug-likeness (QED) is 0.650. The van der Waals surface area contributed by atoms with E-state index in [1.54, 1.807) is 18.2 Å². The Morgan fingerprint density at radius 3 is 2.52 bits per heavy atom.